The van der Waals surface area contributed by atoms with Gasteiger partial charge in [-0.2, -0.15) is 0 Å². The number of benzene rings is 1. The standard InChI is InChI=1S/C21H20N6O/c28-21(17-14-26-11-5-3-9-18(26)23-17)22-16-8-6-7-15(13-16)20-25-24-19-10-2-1-4-12-27(19)20/h3,5-9,11,13-14H,1-2,4,10,12H2,(H,22,28). The Balaban J connectivity index is 1.41. The third-order valence-corrected chi connectivity index (χ3v) is 5.08. The number of aromatic nitrogens is 5. The lowest BCUT2D eigenvalue weighted by molar-refractivity contribution is 0.102. The zero-order chi connectivity index (χ0) is 18.9. The minimum Gasteiger partial charge on any atom is -0.321 e. The molecule has 7 heteroatoms. The second kappa shape index (κ2) is 6.92. The maximum Gasteiger partial charge on any atom is 0.275 e. The topological polar surface area (TPSA) is 77.1 Å². The van der Waals surface area contributed by atoms with E-state index in [1.807, 2.05) is 53.1 Å². The number of amides is 1. The minimum absolute atomic E-state index is 0.235. The van der Waals surface area contributed by atoms with E-state index in [1.54, 1.807) is 6.20 Å². The van der Waals surface area contributed by atoms with Crippen LogP contribution in [0.3, 0.4) is 0 Å². The molecule has 0 atom stereocenters. The number of fused-ring (bicyclic) bond motifs is 2. The molecule has 4 aromatic rings. The van der Waals surface area contributed by atoms with Gasteiger partial charge >= 0.3 is 0 Å². The summed E-state index contributed by atoms with van der Waals surface area (Å²) in [6.07, 6.45) is 8.09. The number of pyridine rings is 1. The number of carbonyl (C=O) groups is 1. The first-order chi connectivity index (χ1) is 13.8. The Labute approximate surface area is 162 Å². The SMILES string of the molecule is O=C(Nc1cccc(-c2nnc3n2CCCCC3)c1)c1cn2ccccc2n1. The van der Waals surface area contributed by atoms with Gasteiger partial charge in [-0.05, 0) is 37.1 Å². The quantitative estimate of drug-likeness (QED) is 0.596. The van der Waals surface area contributed by atoms with Crippen molar-refractivity contribution < 1.29 is 4.79 Å². The van der Waals surface area contributed by atoms with Crippen LogP contribution in [0.4, 0.5) is 5.69 Å². The van der Waals surface area contributed by atoms with Gasteiger partial charge in [-0.3, -0.25) is 4.79 Å². The van der Waals surface area contributed by atoms with Gasteiger partial charge in [-0.25, -0.2) is 4.98 Å². The number of nitrogens with one attached hydrogen (secondary N) is 1. The average molecular weight is 372 g/mol. The summed E-state index contributed by atoms with van der Waals surface area (Å²) in [5, 5.41) is 11.7. The number of anilines is 1. The Morgan fingerprint density at radius 2 is 2.00 bits per heavy atom. The molecule has 1 amide bonds. The van der Waals surface area contributed by atoms with Gasteiger partial charge in [0.05, 0.1) is 0 Å². The van der Waals surface area contributed by atoms with Crippen LogP contribution in [0.15, 0.2) is 54.9 Å². The van der Waals surface area contributed by atoms with Crippen LogP contribution in [0.25, 0.3) is 17.0 Å². The van der Waals surface area contributed by atoms with E-state index in [0.717, 1.165) is 48.7 Å². The smallest absolute Gasteiger partial charge is 0.275 e. The van der Waals surface area contributed by atoms with Crippen LogP contribution in [0.1, 0.15) is 35.6 Å². The summed E-state index contributed by atoms with van der Waals surface area (Å²) < 4.78 is 4.03. The highest BCUT2D eigenvalue weighted by Crippen LogP contribution is 2.25. The molecule has 0 saturated carbocycles. The second-order valence-corrected chi connectivity index (χ2v) is 7.03. The van der Waals surface area contributed by atoms with E-state index in [-0.39, 0.29) is 5.91 Å². The van der Waals surface area contributed by atoms with Crippen molar-refractivity contribution in [1.82, 2.24) is 24.1 Å². The van der Waals surface area contributed by atoms with E-state index in [2.05, 4.69) is 25.1 Å². The van der Waals surface area contributed by atoms with Gasteiger partial charge in [0, 0.05) is 36.6 Å². The Morgan fingerprint density at radius 3 is 2.93 bits per heavy atom. The highest BCUT2D eigenvalue weighted by molar-refractivity contribution is 6.03. The maximum absolute atomic E-state index is 12.6. The molecule has 7 nitrogen and oxygen atoms in total. The summed E-state index contributed by atoms with van der Waals surface area (Å²) >= 11 is 0. The fraction of sp³-hybridized carbons (Fsp3) is 0.238. The summed E-state index contributed by atoms with van der Waals surface area (Å²) in [6.45, 7) is 0.940. The van der Waals surface area contributed by atoms with Crippen LogP contribution in [-0.4, -0.2) is 30.1 Å². The molecule has 0 spiro atoms. The predicted molar refractivity (Wildman–Crippen MR) is 106 cm³/mol. The summed E-state index contributed by atoms with van der Waals surface area (Å²) in [6, 6.07) is 13.4. The lowest BCUT2D eigenvalue weighted by atomic mass is 10.2. The van der Waals surface area contributed by atoms with Crippen molar-refractivity contribution >= 4 is 17.2 Å². The normalized spacial score (nSPS) is 13.9. The minimum atomic E-state index is -0.235. The highest BCUT2D eigenvalue weighted by atomic mass is 16.1. The van der Waals surface area contributed by atoms with Crippen molar-refractivity contribution in [2.75, 3.05) is 5.32 Å². The Bertz CT molecular complexity index is 1130. The molecule has 3 aromatic heterocycles. The maximum atomic E-state index is 12.6. The number of imidazole rings is 1. The van der Waals surface area contributed by atoms with Crippen molar-refractivity contribution in [3.05, 3.63) is 66.4 Å². The van der Waals surface area contributed by atoms with E-state index >= 15 is 0 Å². The average Bonchev–Trinajstić information content (AvgIpc) is 3.26. The molecule has 5 rings (SSSR count). The van der Waals surface area contributed by atoms with Crippen molar-refractivity contribution in [2.45, 2.75) is 32.2 Å². The van der Waals surface area contributed by atoms with Crippen molar-refractivity contribution in [3.63, 3.8) is 0 Å². The number of hydrogen-bond acceptors (Lipinski definition) is 4. The predicted octanol–water partition coefficient (Wildman–Crippen LogP) is 3.57. The Morgan fingerprint density at radius 1 is 1.04 bits per heavy atom. The fourth-order valence-corrected chi connectivity index (χ4v) is 3.67. The second-order valence-electron chi connectivity index (χ2n) is 7.03. The van der Waals surface area contributed by atoms with Crippen LogP contribution >= 0.6 is 0 Å². The third kappa shape index (κ3) is 3.05. The first kappa shape index (κ1) is 16.7. The van der Waals surface area contributed by atoms with Crippen molar-refractivity contribution in [1.29, 1.82) is 0 Å². The van der Waals surface area contributed by atoms with Gasteiger partial charge in [0.15, 0.2) is 5.82 Å². The molecular formula is C21H20N6O. The number of nitrogens with zero attached hydrogens (tertiary/aromatic N) is 5. The lowest BCUT2D eigenvalue weighted by Crippen LogP contribution is -2.12. The molecule has 0 fully saturated rings. The lowest BCUT2D eigenvalue weighted by Gasteiger charge is -2.09. The van der Waals surface area contributed by atoms with Gasteiger partial charge in [-0.15, -0.1) is 10.2 Å². The van der Waals surface area contributed by atoms with E-state index < -0.39 is 0 Å². The summed E-state index contributed by atoms with van der Waals surface area (Å²) in [5.74, 6) is 1.67. The van der Waals surface area contributed by atoms with Crippen LogP contribution < -0.4 is 5.32 Å². The van der Waals surface area contributed by atoms with Gasteiger partial charge in [0.25, 0.3) is 5.91 Å². The molecule has 0 bridgehead atoms. The fourth-order valence-electron chi connectivity index (χ4n) is 3.67. The van der Waals surface area contributed by atoms with E-state index in [1.165, 1.54) is 6.42 Å². The van der Waals surface area contributed by atoms with Crippen molar-refractivity contribution in [3.8, 4) is 11.4 Å². The molecule has 1 aromatic carbocycles. The van der Waals surface area contributed by atoms with Crippen LogP contribution in [-0.2, 0) is 13.0 Å². The van der Waals surface area contributed by atoms with Crippen LogP contribution in [0.2, 0.25) is 0 Å². The van der Waals surface area contributed by atoms with Gasteiger partial charge in [0.1, 0.15) is 17.2 Å². The van der Waals surface area contributed by atoms with E-state index in [9.17, 15) is 4.79 Å². The molecule has 0 radical (unpaired) electrons. The molecule has 140 valence electrons. The zero-order valence-electron chi connectivity index (χ0n) is 15.4. The monoisotopic (exact) mass is 372 g/mol. The molecule has 0 unspecified atom stereocenters. The molecule has 0 saturated heterocycles. The summed E-state index contributed by atoms with van der Waals surface area (Å²) in [4.78, 5) is 17.0. The van der Waals surface area contributed by atoms with E-state index in [0.29, 0.717) is 11.4 Å². The van der Waals surface area contributed by atoms with Crippen molar-refractivity contribution in [2.24, 2.45) is 0 Å². The first-order valence-corrected chi connectivity index (χ1v) is 9.55. The Hall–Kier alpha value is -3.48. The molecule has 0 aliphatic carbocycles. The number of aryl methyl sites for hydroxylation is 1. The summed E-state index contributed by atoms with van der Waals surface area (Å²) in [5.41, 5.74) is 2.79. The van der Waals surface area contributed by atoms with Gasteiger partial charge in [-0.1, -0.05) is 24.6 Å². The van der Waals surface area contributed by atoms with Gasteiger partial charge < -0.3 is 14.3 Å². The number of carbonyl (C=O) groups excluding carboxylic acids is 1. The first-order valence-electron chi connectivity index (χ1n) is 9.55. The number of rotatable bonds is 3. The molecule has 1 aliphatic rings. The molecule has 4 heterocycles. The third-order valence-electron chi connectivity index (χ3n) is 5.08. The number of hydrogen-bond donors (Lipinski definition) is 1. The summed E-state index contributed by atoms with van der Waals surface area (Å²) in [7, 11) is 0. The largest absolute Gasteiger partial charge is 0.321 e. The Kier molecular flexibility index (Phi) is 4.12. The van der Waals surface area contributed by atoms with E-state index in [4.69, 9.17) is 0 Å². The molecule has 1 aliphatic heterocycles. The molecule has 28 heavy (non-hydrogen) atoms. The molecular weight excluding hydrogens is 352 g/mol. The zero-order valence-corrected chi connectivity index (χ0v) is 15.4. The highest BCUT2D eigenvalue weighted by Gasteiger charge is 2.17. The van der Waals surface area contributed by atoms with Crippen LogP contribution in [0.5, 0.6) is 0 Å². The molecule has 1 N–H and O–H groups in total. The van der Waals surface area contributed by atoms with Crippen LogP contribution in [0, 0.1) is 0 Å². The van der Waals surface area contributed by atoms with Gasteiger partial charge in [0.2, 0.25) is 0 Å².